The van der Waals surface area contributed by atoms with Crippen molar-refractivity contribution in [3.8, 4) is 0 Å². The number of amides is 1. The van der Waals surface area contributed by atoms with E-state index in [2.05, 4.69) is 50.9 Å². The smallest absolute Gasteiger partial charge is 0.238 e. The minimum atomic E-state index is 0.000892. The number of aromatic nitrogens is 1. The Balaban J connectivity index is 1.41. The molecule has 0 fully saturated rings. The van der Waals surface area contributed by atoms with Crippen LogP contribution in [0.25, 0.3) is 10.9 Å². The number of thiophene rings is 1. The van der Waals surface area contributed by atoms with Crippen LogP contribution in [0.5, 0.6) is 0 Å². The number of pyridine rings is 1. The van der Waals surface area contributed by atoms with Crippen molar-refractivity contribution in [3.63, 3.8) is 0 Å². The van der Waals surface area contributed by atoms with Gasteiger partial charge in [0.15, 0.2) is 0 Å². The molecule has 4 nitrogen and oxygen atoms in total. The van der Waals surface area contributed by atoms with Gasteiger partial charge in [-0.05, 0) is 53.3 Å². The maximum absolute atomic E-state index is 13.0. The third kappa shape index (κ3) is 3.55. The molecule has 0 saturated heterocycles. The molecule has 1 unspecified atom stereocenters. The zero-order valence-corrected chi connectivity index (χ0v) is 16.7. The van der Waals surface area contributed by atoms with Crippen LogP contribution in [0.15, 0.2) is 78.3 Å². The zero-order valence-electron chi connectivity index (χ0n) is 15.9. The number of rotatable bonds is 4. The van der Waals surface area contributed by atoms with Gasteiger partial charge in [0, 0.05) is 23.0 Å². The lowest BCUT2D eigenvalue weighted by Gasteiger charge is -2.35. The third-order valence-electron chi connectivity index (χ3n) is 5.45. The molecule has 2 aromatic heterocycles. The summed E-state index contributed by atoms with van der Waals surface area (Å²) < 4.78 is 0. The SMILES string of the molecule is O=C(CN1CCc2sccc2C1c1ccccc1)Nc1cccc2ncccc12. The second kappa shape index (κ2) is 7.78. The molecule has 0 saturated carbocycles. The van der Waals surface area contributed by atoms with Crippen LogP contribution < -0.4 is 5.32 Å². The van der Waals surface area contributed by atoms with Crippen molar-refractivity contribution in [2.45, 2.75) is 12.5 Å². The Morgan fingerprint density at radius 1 is 1.07 bits per heavy atom. The zero-order chi connectivity index (χ0) is 19.6. The van der Waals surface area contributed by atoms with E-state index in [1.54, 1.807) is 6.20 Å². The molecule has 4 aromatic rings. The van der Waals surface area contributed by atoms with Gasteiger partial charge < -0.3 is 5.32 Å². The van der Waals surface area contributed by atoms with Crippen LogP contribution >= 0.6 is 11.3 Å². The van der Waals surface area contributed by atoms with Gasteiger partial charge in [-0.3, -0.25) is 14.7 Å². The first kappa shape index (κ1) is 18.0. The van der Waals surface area contributed by atoms with Gasteiger partial charge in [0.1, 0.15) is 0 Å². The van der Waals surface area contributed by atoms with Crippen molar-refractivity contribution in [1.82, 2.24) is 9.88 Å². The number of hydrogen-bond donors (Lipinski definition) is 1. The van der Waals surface area contributed by atoms with E-state index in [1.807, 2.05) is 47.7 Å². The summed E-state index contributed by atoms with van der Waals surface area (Å²) in [6.45, 7) is 1.23. The highest BCUT2D eigenvalue weighted by molar-refractivity contribution is 7.10. The van der Waals surface area contributed by atoms with Crippen LogP contribution in [0.2, 0.25) is 0 Å². The molecule has 0 spiro atoms. The fraction of sp³-hybridized carbons (Fsp3) is 0.167. The van der Waals surface area contributed by atoms with E-state index in [4.69, 9.17) is 0 Å². The highest BCUT2D eigenvalue weighted by atomic mass is 32.1. The Hall–Kier alpha value is -3.02. The molecular weight excluding hydrogens is 378 g/mol. The van der Waals surface area contributed by atoms with Crippen LogP contribution in [0.3, 0.4) is 0 Å². The number of anilines is 1. The standard InChI is InChI=1S/C24H21N3OS/c28-23(26-21-10-4-9-20-18(21)8-5-13-25-20)16-27-14-11-22-19(12-15-29-22)24(27)17-6-2-1-3-7-17/h1-10,12-13,15,24H,11,14,16H2,(H,26,28). The van der Waals surface area contributed by atoms with E-state index in [1.165, 1.54) is 16.0 Å². The molecule has 1 N–H and O–H groups in total. The van der Waals surface area contributed by atoms with Crippen molar-refractivity contribution in [2.24, 2.45) is 0 Å². The lowest BCUT2D eigenvalue weighted by molar-refractivity contribution is -0.117. The summed E-state index contributed by atoms with van der Waals surface area (Å²) in [7, 11) is 0. The fourth-order valence-electron chi connectivity index (χ4n) is 4.15. The normalized spacial score (nSPS) is 16.5. The molecule has 3 heterocycles. The average molecular weight is 400 g/mol. The van der Waals surface area contributed by atoms with Crippen LogP contribution in [0.4, 0.5) is 5.69 Å². The number of benzene rings is 2. The largest absolute Gasteiger partial charge is 0.324 e. The lowest BCUT2D eigenvalue weighted by atomic mass is 9.93. The first-order valence-corrected chi connectivity index (χ1v) is 10.7. The van der Waals surface area contributed by atoms with Gasteiger partial charge >= 0.3 is 0 Å². The number of carbonyl (C=O) groups is 1. The van der Waals surface area contributed by atoms with E-state index in [9.17, 15) is 4.79 Å². The molecule has 0 aliphatic carbocycles. The highest BCUT2D eigenvalue weighted by Crippen LogP contribution is 2.37. The summed E-state index contributed by atoms with van der Waals surface area (Å²) in [5, 5.41) is 6.22. The molecule has 1 aliphatic rings. The summed E-state index contributed by atoms with van der Waals surface area (Å²) in [4.78, 5) is 21.1. The molecule has 1 amide bonds. The Bertz CT molecular complexity index is 1150. The minimum Gasteiger partial charge on any atom is -0.324 e. The van der Waals surface area contributed by atoms with Gasteiger partial charge in [0.2, 0.25) is 5.91 Å². The Morgan fingerprint density at radius 3 is 2.86 bits per heavy atom. The van der Waals surface area contributed by atoms with Gasteiger partial charge in [-0.15, -0.1) is 11.3 Å². The van der Waals surface area contributed by atoms with Gasteiger partial charge in [-0.2, -0.15) is 0 Å². The van der Waals surface area contributed by atoms with Crippen molar-refractivity contribution in [2.75, 3.05) is 18.4 Å². The second-order valence-corrected chi connectivity index (χ2v) is 8.26. The van der Waals surface area contributed by atoms with Crippen molar-refractivity contribution >= 4 is 33.8 Å². The van der Waals surface area contributed by atoms with E-state index >= 15 is 0 Å². The van der Waals surface area contributed by atoms with Crippen LogP contribution in [0, 0.1) is 0 Å². The fourth-order valence-corrected chi connectivity index (χ4v) is 5.05. The molecule has 29 heavy (non-hydrogen) atoms. The number of nitrogens with zero attached hydrogens (tertiary/aromatic N) is 2. The first-order valence-electron chi connectivity index (χ1n) is 9.78. The predicted octanol–water partition coefficient (Wildman–Crippen LogP) is 4.88. The predicted molar refractivity (Wildman–Crippen MR) is 118 cm³/mol. The molecule has 5 heteroatoms. The molecule has 1 atom stereocenters. The first-order chi connectivity index (χ1) is 14.3. The van der Waals surface area contributed by atoms with E-state index in [0.717, 1.165) is 29.6 Å². The topological polar surface area (TPSA) is 45.2 Å². The van der Waals surface area contributed by atoms with Gasteiger partial charge in [0.05, 0.1) is 23.8 Å². The highest BCUT2D eigenvalue weighted by Gasteiger charge is 2.30. The lowest BCUT2D eigenvalue weighted by Crippen LogP contribution is -2.40. The van der Waals surface area contributed by atoms with Crippen molar-refractivity contribution in [3.05, 3.63) is 94.3 Å². The Kier molecular flexibility index (Phi) is 4.84. The molecule has 5 rings (SSSR count). The summed E-state index contributed by atoms with van der Waals surface area (Å²) in [6, 6.07) is 22.5. The van der Waals surface area contributed by atoms with Crippen molar-refractivity contribution in [1.29, 1.82) is 0 Å². The van der Waals surface area contributed by atoms with Crippen molar-refractivity contribution < 1.29 is 4.79 Å². The summed E-state index contributed by atoms with van der Waals surface area (Å²) >= 11 is 1.81. The van der Waals surface area contributed by atoms with E-state index in [-0.39, 0.29) is 11.9 Å². The van der Waals surface area contributed by atoms with Gasteiger partial charge in [-0.25, -0.2) is 0 Å². The van der Waals surface area contributed by atoms with E-state index in [0.29, 0.717) is 6.54 Å². The molecule has 0 radical (unpaired) electrons. The maximum atomic E-state index is 13.0. The van der Waals surface area contributed by atoms with Crippen LogP contribution in [-0.4, -0.2) is 28.9 Å². The molecular formula is C24H21N3OS. The van der Waals surface area contributed by atoms with Crippen LogP contribution in [-0.2, 0) is 11.2 Å². The Morgan fingerprint density at radius 2 is 1.97 bits per heavy atom. The molecule has 0 bridgehead atoms. The molecule has 2 aromatic carbocycles. The van der Waals surface area contributed by atoms with Crippen LogP contribution in [0.1, 0.15) is 22.0 Å². The third-order valence-corrected chi connectivity index (χ3v) is 6.44. The maximum Gasteiger partial charge on any atom is 0.238 e. The quantitative estimate of drug-likeness (QED) is 0.532. The molecule has 1 aliphatic heterocycles. The minimum absolute atomic E-state index is 0.000892. The summed E-state index contributed by atoms with van der Waals surface area (Å²) in [5.74, 6) is 0.000892. The average Bonchev–Trinajstić information content (AvgIpc) is 3.23. The Labute approximate surface area is 173 Å². The number of fused-ring (bicyclic) bond motifs is 2. The number of nitrogens with one attached hydrogen (secondary N) is 1. The number of hydrogen-bond acceptors (Lipinski definition) is 4. The van der Waals surface area contributed by atoms with E-state index < -0.39 is 0 Å². The number of carbonyl (C=O) groups excluding carboxylic acids is 1. The molecule has 144 valence electrons. The summed E-state index contributed by atoms with van der Waals surface area (Å²) in [5.41, 5.74) is 4.25. The van der Waals surface area contributed by atoms with Gasteiger partial charge in [0.25, 0.3) is 0 Å². The monoisotopic (exact) mass is 399 g/mol. The van der Waals surface area contributed by atoms with Gasteiger partial charge in [-0.1, -0.05) is 36.4 Å². The summed E-state index contributed by atoms with van der Waals surface area (Å²) in [6.07, 6.45) is 2.76. The second-order valence-electron chi connectivity index (χ2n) is 7.26.